The second kappa shape index (κ2) is 7.99. The number of thioether (sulfide) groups is 1. The molecule has 0 spiro atoms. The molecule has 0 radical (unpaired) electrons. The number of hydrogen-bond donors (Lipinski definition) is 1. The van der Waals surface area contributed by atoms with Gasteiger partial charge < -0.3 is 5.32 Å². The van der Waals surface area contributed by atoms with Crippen molar-refractivity contribution in [1.82, 2.24) is 5.32 Å². The molecule has 2 rings (SSSR count). The summed E-state index contributed by atoms with van der Waals surface area (Å²) in [5, 5.41) is 2.86. The topological polar surface area (TPSA) is 29.1 Å². The van der Waals surface area contributed by atoms with Crippen LogP contribution in [0.15, 0.2) is 48.5 Å². The molecule has 22 heavy (non-hydrogen) atoms. The third-order valence-electron chi connectivity index (χ3n) is 3.54. The number of carbonyl (C=O) groups excluding carboxylic acids is 1. The van der Waals surface area contributed by atoms with Gasteiger partial charge in [-0.2, -0.15) is 0 Å². The van der Waals surface area contributed by atoms with E-state index in [1.54, 1.807) is 12.1 Å². The number of aryl methyl sites for hydroxylation is 1. The quantitative estimate of drug-likeness (QED) is 0.863. The van der Waals surface area contributed by atoms with E-state index in [1.165, 1.54) is 17.8 Å². The van der Waals surface area contributed by atoms with Crippen LogP contribution in [0.25, 0.3) is 0 Å². The summed E-state index contributed by atoms with van der Waals surface area (Å²) in [5.41, 5.74) is 2.91. The van der Waals surface area contributed by atoms with Gasteiger partial charge in [-0.3, -0.25) is 4.79 Å². The van der Waals surface area contributed by atoms with Gasteiger partial charge in [-0.05, 0) is 31.0 Å². The smallest absolute Gasteiger partial charge is 0.230 e. The van der Waals surface area contributed by atoms with E-state index in [2.05, 4.69) is 5.32 Å². The molecule has 0 bridgehead atoms. The zero-order valence-corrected chi connectivity index (χ0v) is 13.6. The lowest BCUT2D eigenvalue weighted by atomic mass is 10.1. The van der Waals surface area contributed by atoms with E-state index in [9.17, 15) is 9.18 Å². The normalized spacial score (nSPS) is 12.0. The molecule has 1 amide bonds. The van der Waals surface area contributed by atoms with E-state index < -0.39 is 0 Å². The van der Waals surface area contributed by atoms with Gasteiger partial charge in [-0.25, -0.2) is 4.39 Å². The molecule has 0 heterocycles. The van der Waals surface area contributed by atoms with Crippen LogP contribution in [0.1, 0.15) is 28.9 Å². The number of nitrogens with one attached hydrogen (secondary N) is 1. The summed E-state index contributed by atoms with van der Waals surface area (Å²) >= 11 is 1.44. The van der Waals surface area contributed by atoms with Crippen molar-refractivity contribution >= 4 is 17.7 Å². The van der Waals surface area contributed by atoms with Gasteiger partial charge in [0.15, 0.2) is 0 Å². The SMILES string of the molecule is Cc1ccccc1CNC(=O)CSC(C)c1ccccc1F. The summed E-state index contributed by atoms with van der Waals surface area (Å²) < 4.78 is 13.7. The van der Waals surface area contributed by atoms with Crippen molar-refractivity contribution < 1.29 is 9.18 Å². The summed E-state index contributed by atoms with van der Waals surface area (Å²) in [7, 11) is 0. The van der Waals surface area contributed by atoms with Crippen molar-refractivity contribution in [3.05, 3.63) is 71.0 Å². The number of amides is 1. The second-order valence-electron chi connectivity index (χ2n) is 5.18. The average Bonchev–Trinajstić information content (AvgIpc) is 2.52. The van der Waals surface area contributed by atoms with E-state index in [0.29, 0.717) is 17.9 Å². The maximum atomic E-state index is 13.7. The minimum absolute atomic E-state index is 0.0311. The third-order valence-corrected chi connectivity index (χ3v) is 4.73. The highest BCUT2D eigenvalue weighted by atomic mass is 32.2. The first kappa shape index (κ1) is 16.6. The molecule has 0 saturated carbocycles. The van der Waals surface area contributed by atoms with Crippen LogP contribution in [-0.2, 0) is 11.3 Å². The lowest BCUT2D eigenvalue weighted by molar-refractivity contribution is -0.118. The zero-order chi connectivity index (χ0) is 15.9. The molecule has 1 N–H and O–H groups in total. The first-order valence-electron chi connectivity index (χ1n) is 7.25. The van der Waals surface area contributed by atoms with Gasteiger partial charge in [0.25, 0.3) is 0 Å². The second-order valence-corrected chi connectivity index (χ2v) is 6.51. The molecule has 4 heteroatoms. The van der Waals surface area contributed by atoms with Crippen LogP contribution in [0, 0.1) is 12.7 Å². The number of benzene rings is 2. The van der Waals surface area contributed by atoms with Gasteiger partial charge in [0, 0.05) is 17.4 Å². The van der Waals surface area contributed by atoms with E-state index in [-0.39, 0.29) is 17.0 Å². The van der Waals surface area contributed by atoms with Crippen molar-refractivity contribution in [2.24, 2.45) is 0 Å². The van der Waals surface area contributed by atoms with Crippen molar-refractivity contribution in [2.45, 2.75) is 25.6 Å². The van der Waals surface area contributed by atoms with Crippen LogP contribution in [0.3, 0.4) is 0 Å². The Bertz CT molecular complexity index is 644. The Morgan fingerprint density at radius 2 is 1.86 bits per heavy atom. The van der Waals surface area contributed by atoms with Crippen molar-refractivity contribution in [1.29, 1.82) is 0 Å². The molecule has 116 valence electrons. The number of rotatable bonds is 6. The van der Waals surface area contributed by atoms with Crippen molar-refractivity contribution in [2.75, 3.05) is 5.75 Å². The predicted octanol–water partition coefficient (Wildman–Crippen LogP) is 4.24. The fourth-order valence-electron chi connectivity index (χ4n) is 2.15. The van der Waals surface area contributed by atoms with Crippen molar-refractivity contribution in [3.8, 4) is 0 Å². The van der Waals surface area contributed by atoms with E-state index >= 15 is 0 Å². The maximum absolute atomic E-state index is 13.7. The predicted molar refractivity (Wildman–Crippen MR) is 90.3 cm³/mol. The average molecular weight is 317 g/mol. The molecule has 2 aromatic rings. The molecular formula is C18H20FNOS. The van der Waals surface area contributed by atoms with E-state index in [4.69, 9.17) is 0 Å². The Morgan fingerprint density at radius 1 is 1.18 bits per heavy atom. The largest absolute Gasteiger partial charge is 0.351 e. The van der Waals surface area contributed by atoms with Crippen LogP contribution >= 0.6 is 11.8 Å². The standard InChI is InChI=1S/C18H20FNOS/c1-13-7-3-4-8-15(13)11-20-18(21)12-22-14(2)16-9-5-6-10-17(16)19/h3-10,14H,11-12H2,1-2H3,(H,20,21). The molecule has 1 unspecified atom stereocenters. The highest BCUT2D eigenvalue weighted by Crippen LogP contribution is 2.29. The minimum Gasteiger partial charge on any atom is -0.351 e. The highest BCUT2D eigenvalue weighted by molar-refractivity contribution is 8.00. The lowest BCUT2D eigenvalue weighted by Gasteiger charge is -2.13. The molecular weight excluding hydrogens is 297 g/mol. The number of hydrogen-bond acceptors (Lipinski definition) is 2. The summed E-state index contributed by atoms with van der Waals surface area (Å²) in [6.07, 6.45) is 0. The minimum atomic E-state index is -0.220. The molecule has 0 aliphatic heterocycles. The molecule has 2 aromatic carbocycles. The van der Waals surface area contributed by atoms with Gasteiger partial charge in [-0.1, -0.05) is 42.5 Å². The summed E-state index contributed by atoms with van der Waals surface area (Å²) in [5.74, 6) is 0.0701. The van der Waals surface area contributed by atoms with Crippen LogP contribution < -0.4 is 5.32 Å². The van der Waals surface area contributed by atoms with Crippen molar-refractivity contribution in [3.63, 3.8) is 0 Å². The Kier molecular flexibility index (Phi) is 6.01. The molecule has 2 nitrogen and oxygen atoms in total. The van der Waals surface area contributed by atoms with Gasteiger partial charge in [0.05, 0.1) is 5.75 Å². The van der Waals surface area contributed by atoms with E-state index in [0.717, 1.165) is 11.1 Å². The summed E-state index contributed by atoms with van der Waals surface area (Å²) in [4.78, 5) is 11.9. The molecule has 0 aliphatic carbocycles. The van der Waals surface area contributed by atoms with Gasteiger partial charge in [0.1, 0.15) is 5.82 Å². The number of carbonyl (C=O) groups is 1. The Morgan fingerprint density at radius 3 is 2.59 bits per heavy atom. The maximum Gasteiger partial charge on any atom is 0.230 e. The first-order chi connectivity index (χ1) is 10.6. The van der Waals surface area contributed by atoms with Crippen LogP contribution in [-0.4, -0.2) is 11.7 Å². The van der Waals surface area contributed by atoms with Gasteiger partial charge in [0.2, 0.25) is 5.91 Å². The molecule has 1 atom stereocenters. The lowest BCUT2D eigenvalue weighted by Crippen LogP contribution is -2.25. The van der Waals surface area contributed by atoms with Crippen LogP contribution in [0.4, 0.5) is 4.39 Å². The fourth-order valence-corrected chi connectivity index (χ4v) is 3.02. The highest BCUT2D eigenvalue weighted by Gasteiger charge is 2.12. The molecule has 0 saturated heterocycles. The fraction of sp³-hybridized carbons (Fsp3) is 0.278. The third kappa shape index (κ3) is 4.60. The first-order valence-corrected chi connectivity index (χ1v) is 8.30. The van der Waals surface area contributed by atoms with Gasteiger partial charge in [-0.15, -0.1) is 11.8 Å². The number of halogens is 1. The summed E-state index contributed by atoms with van der Waals surface area (Å²) in [6.45, 7) is 4.47. The van der Waals surface area contributed by atoms with Crippen LogP contribution in [0.2, 0.25) is 0 Å². The monoisotopic (exact) mass is 317 g/mol. The molecule has 0 fully saturated rings. The molecule has 0 aliphatic rings. The molecule has 0 aromatic heterocycles. The summed E-state index contributed by atoms with van der Waals surface area (Å²) in [6, 6.07) is 14.7. The van der Waals surface area contributed by atoms with Crippen LogP contribution in [0.5, 0.6) is 0 Å². The Labute approximate surface area is 135 Å². The zero-order valence-electron chi connectivity index (χ0n) is 12.8. The van der Waals surface area contributed by atoms with E-state index in [1.807, 2.05) is 44.2 Å². The Balaban J connectivity index is 1.81. The van der Waals surface area contributed by atoms with Gasteiger partial charge >= 0.3 is 0 Å². The Hall–Kier alpha value is -1.81.